The second-order valence-corrected chi connectivity index (χ2v) is 10.1. The van der Waals surface area contributed by atoms with E-state index >= 15 is 0 Å². The van der Waals surface area contributed by atoms with Crippen LogP contribution in [-0.2, 0) is 17.8 Å². The van der Waals surface area contributed by atoms with Gasteiger partial charge in [-0.3, -0.25) is 9.59 Å². The van der Waals surface area contributed by atoms with Crippen molar-refractivity contribution in [1.82, 2.24) is 0 Å². The molecule has 0 saturated carbocycles. The molecule has 0 heterocycles. The van der Waals surface area contributed by atoms with Crippen LogP contribution >= 0.6 is 34.8 Å². The van der Waals surface area contributed by atoms with Crippen molar-refractivity contribution in [2.24, 2.45) is 0 Å². The van der Waals surface area contributed by atoms with Gasteiger partial charge in [-0.2, -0.15) is 0 Å². The molecule has 5 nitrogen and oxygen atoms in total. The highest BCUT2D eigenvalue weighted by Crippen LogP contribution is 2.44. The van der Waals surface area contributed by atoms with Crippen LogP contribution in [0.1, 0.15) is 21.5 Å². The van der Waals surface area contributed by atoms with Gasteiger partial charge in [0.1, 0.15) is 11.7 Å². The maximum atomic E-state index is 14.4. The Morgan fingerprint density at radius 3 is 1.81 bits per heavy atom. The molecule has 0 bridgehead atoms. The van der Waals surface area contributed by atoms with E-state index in [4.69, 9.17) is 34.8 Å². The van der Waals surface area contributed by atoms with Crippen LogP contribution < -0.4 is 10.2 Å². The number of nitrogens with one attached hydrogen (secondary N) is 1. The average molecular weight is 644 g/mol. The molecule has 0 aliphatic carbocycles. The molecular formula is C29H18Cl3F5N2O3. The molecule has 13 heteroatoms. The number of carbonyl (C=O) groups excluding carboxylic acids is 2. The van der Waals surface area contributed by atoms with Crippen molar-refractivity contribution >= 4 is 58.0 Å². The maximum Gasteiger partial charge on any atom is 0.261 e. The largest absolute Gasteiger partial charge is 0.383 e. The van der Waals surface area contributed by atoms with Crippen LogP contribution in [0.15, 0.2) is 66.7 Å². The zero-order valence-electron chi connectivity index (χ0n) is 21.1. The standard InChI is InChI=1S/C29H18Cl3F5N2O3/c30-16-12-17(38-28(41)19-22(33)24(35)26(37)25(36)23(19)34)27(21(32)20(16)31)39(13-15-9-5-2-6-10-15)29(42)18(40)11-14-7-3-1-4-8-14/h1-10,12,18,40H,11,13H2,(H,38,41). The molecule has 4 aromatic carbocycles. The fourth-order valence-electron chi connectivity index (χ4n) is 4.07. The Morgan fingerprint density at radius 1 is 0.762 bits per heavy atom. The van der Waals surface area contributed by atoms with E-state index in [-0.39, 0.29) is 28.7 Å². The molecule has 1 atom stereocenters. The molecule has 4 aromatic rings. The normalized spacial score (nSPS) is 11.7. The molecule has 2 amide bonds. The molecule has 0 spiro atoms. The third-order valence-electron chi connectivity index (χ3n) is 6.10. The monoisotopic (exact) mass is 642 g/mol. The summed E-state index contributed by atoms with van der Waals surface area (Å²) in [5.41, 5.74) is -1.48. The summed E-state index contributed by atoms with van der Waals surface area (Å²) in [5.74, 6) is -14.6. The van der Waals surface area contributed by atoms with Gasteiger partial charge in [0.25, 0.3) is 11.8 Å². The number of hydrogen-bond acceptors (Lipinski definition) is 3. The highest BCUT2D eigenvalue weighted by atomic mass is 35.5. The van der Waals surface area contributed by atoms with E-state index in [9.17, 15) is 36.6 Å². The average Bonchev–Trinajstić information content (AvgIpc) is 2.98. The van der Waals surface area contributed by atoms with Crippen LogP contribution in [0.2, 0.25) is 15.1 Å². The van der Waals surface area contributed by atoms with Gasteiger partial charge >= 0.3 is 0 Å². The third kappa shape index (κ3) is 6.37. The summed E-state index contributed by atoms with van der Waals surface area (Å²) in [5, 5.41) is 12.0. The van der Waals surface area contributed by atoms with Gasteiger partial charge in [0.2, 0.25) is 5.82 Å². The van der Waals surface area contributed by atoms with Crippen LogP contribution in [0.3, 0.4) is 0 Å². The molecule has 0 fully saturated rings. The van der Waals surface area contributed by atoms with Gasteiger partial charge in [-0.1, -0.05) is 95.5 Å². The number of aliphatic hydroxyl groups is 1. The highest BCUT2D eigenvalue weighted by molar-refractivity contribution is 6.50. The lowest BCUT2D eigenvalue weighted by Crippen LogP contribution is -2.40. The number of benzene rings is 4. The molecule has 0 aliphatic heterocycles. The van der Waals surface area contributed by atoms with Crippen molar-refractivity contribution in [2.45, 2.75) is 19.1 Å². The van der Waals surface area contributed by atoms with E-state index in [2.05, 4.69) is 0 Å². The summed E-state index contributed by atoms with van der Waals surface area (Å²) >= 11 is 18.8. The fourth-order valence-corrected chi connectivity index (χ4v) is 4.77. The highest BCUT2D eigenvalue weighted by Gasteiger charge is 2.33. The molecule has 42 heavy (non-hydrogen) atoms. The predicted octanol–water partition coefficient (Wildman–Crippen LogP) is 7.73. The number of amides is 2. The Kier molecular flexibility index (Phi) is 9.73. The molecule has 1 unspecified atom stereocenters. The number of halogens is 8. The first-order valence-corrected chi connectivity index (χ1v) is 13.1. The van der Waals surface area contributed by atoms with Gasteiger partial charge in [0, 0.05) is 6.42 Å². The van der Waals surface area contributed by atoms with E-state index in [0.717, 1.165) is 11.0 Å². The summed E-state index contributed by atoms with van der Waals surface area (Å²) in [6, 6.07) is 17.8. The Hall–Kier alpha value is -3.70. The Bertz CT molecular complexity index is 1630. The van der Waals surface area contributed by atoms with Crippen molar-refractivity contribution in [3.63, 3.8) is 0 Å². The van der Waals surface area contributed by atoms with E-state index < -0.39 is 63.3 Å². The third-order valence-corrected chi connectivity index (χ3v) is 7.35. The van der Waals surface area contributed by atoms with Gasteiger partial charge < -0.3 is 15.3 Å². The summed E-state index contributed by atoms with van der Waals surface area (Å²) in [6.45, 7) is -0.255. The van der Waals surface area contributed by atoms with Crippen LogP contribution in [0, 0.1) is 29.1 Å². The Labute approximate surface area is 251 Å². The predicted molar refractivity (Wildman–Crippen MR) is 149 cm³/mol. The van der Waals surface area contributed by atoms with Crippen LogP contribution in [-0.4, -0.2) is 23.0 Å². The van der Waals surface area contributed by atoms with Crippen LogP contribution in [0.25, 0.3) is 0 Å². The summed E-state index contributed by atoms with van der Waals surface area (Å²) in [6.07, 6.45) is -1.78. The smallest absolute Gasteiger partial charge is 0.261 e. The van der Waals surface area contributed by atoms with Crippen LogP contribution in [0.5, 0.6) is 0 Å². The quantitative estimate of drug-likeness (QED) is 0.117. The fraction of sp³-hybridized carbons (Fsp3) is 0.103. The summed E-state index contributed by atoms with van der Waals surface area (Å²) in [4.78, 5) is 27.6. The lowest BCUT2D eigenvalue weighted by molar-refractivity contribution is -0.126. The molecule has 4 rings (SSSR count). The summed E-state index contributed by atoms with van der Waals surface area (Å²) < 4.78 is 70.0. The van der Waals surface area contributed by atoms with E-state index in [1.807, 2.05) is 5.32 Å². The first-order chi connectivity index (χ1) is 19.9. The Balaban J connectivity index is 1.84. The zero-order valence-corrected chi connectivity index (χ0v) is 23.3. The van der Waals surface area contributed by atoms with Gasteiger partial charge in [0.15, 0.2) is 23.3 Å². The number of hydrogen-bond donors (Lipinski definition) is 2. The summed E-state index contributed by atoms with van der Waals surface area (Å²) in [7, 11) is 0. The molecule has 0 saturated heterocycles. The van der Waals surface area contributed by atoms with Gasteiger partial charge in [0.05, 0.1) is 33.0 Å². The molecular weight excluding hydrogens is 626 g/mol. The number of carbonyl (C=O) groups is 2. The van der Waals surface area contributed by atoms with Crippen molar-refractivity contribution in [3.05, 3.63) is 128 Å². The van der Waals surface area contributed by atoms with Crippen molar-refractivity contribution in [1.29, 1.82) is 0 Å². The second-order valence-electron chi connectivity index (χ2n) is 8.90. The SMILES string of the molecule is O=C(Nc1cc(Cl)c(Cl)c(Cl)c1N(Cc1ccccc1)C(=O)C(O)Cc1ccccc1)c1c(F)c(F)c(F)c(F)c1F. The number of rotatable bonds is 8. The molecule has 0 radical (unpaired) electrons. The topological polar surface area (TPSA) is 69.6 Å². The van der Waals surface area contributed by atoms with E-state index in [1.54, 1.807) is 60.7 Å². The lowest BCUT2D eigenvalue weighted by atomic mass is 10.1. The molecule has 0 aliphatic rings. The second kappa shape index (κ2) is 13.1. The molecule has 2 N–H and O–H groups in total. The van der Waals surface area contributed by atoms with Crippen molar-refractivity contribution < 1.29 is 36.6 Å². The molecule has 218 valence electrons. The number of aliphatic hydroxyl groups excluding tert-OH is 1. The first kappa shape index (κ1) is 31.2. The molecule has 0 aromatic heterocycles. The van der Waals surface area contributed by atoms with Gasteiger partial charge in [-0.25, -0.2) is 22.0 Å². The number of anilines is 2. The van der Waals surface area contributed by atoms with Crippen molar-refractivity contribution in [2.75, 3.05) is 10.2 Å². The van der Waals surface area contributed by atoms with Crippen LogP contribution in [0.4, 0.5) is 33.3 Å². The lowest BCUT2D eigenvalue weighted by Gasteiger charge is -2.29. The number of nitrogens with zero attached hydrogens (tertiary/aromatic N) is 1. The van der Waals surface area contributed by atoms with Crippen molar-refractivity contribution in [3.8, 4) is 0 Å². The Morgan fingerprint density at radius 2 is 1.26 bits per heavy atom. The van der Waals surface area contributed by atoms with E-state index in [1.165, 1.54) is 0 Å². The van der Waals surface area contributed by atoms with E-state index in [0.29, 0.717) is 11.1 Å². The minimum atomic E-state index is -2.45. The maximum absolute atomic E-state index is 14.4. The first-order valence-electron chi connectivity index (χ1n) is 12.0. The van der Waals surface area contributed by atoms with Gasteiger partial charge in [-0.15, -0.1) is 0 Å². The van der Waals surface area contributed by atoms with Gasteiger partial charge in [-0.05, 0) is 17.2 Å². The minimum Gasteiger partial charge on any atom is -0.383 e. The minimum absolute atomic E-state index is 0.129. The zero-order chi connectivity index (χ0) is 30.7.